The van der Waals surface area contributed by atoms with E-state index in [0.717, 1.165) is 19.3 Å². The van der Waals surface area contributed by atoms with Crippen LogP contribution in [0.1, 0.15) is 50.0 Å². The number of nitrogens with one attached hydrogen (secondary N) is 1. The minimum absolute atomic E-state index is 0.0512. The summed E-state index contributed by atoms with van der Waals surface area (Å²) in [6.45, 7) is 6.19. The fourth-order valence-corrected chi connectivity index (χ4v) is 2.93. The average molecular weight is 370 g/mol. The van der Waals surface area contributed by atoms with Crippen molar-refractivity contribution < 1.29 is 14.3 Å². The van der Waals surface area contributed by atoms with E-state index in [1.54, 1.807) is 7.11 Å². The van der Waals surface area contributed by atoms with Gasteiger partial charge in [0.2, 0.25) is 0 Å². The summed E-state index contributed by atoms with van der Waals surface area (Å²) in [5.41, 5.74) is 3.24. The molecule has 0 fully saturated rings. The highest BCUT2D eigenvalue weighted by Gasteiger charge is 2.15. The number of hydrogen-bond acceptors (Lipinski definition) is 3. The van der Waals surface area contributed by atoms with Gasteiger partial charge in [0.25, 0.3) is 0 Å². The smallest absolute Gasteiger partial charge is 0.407 e. The first kappa shape index (κ1) is 21.0. The highest BCUT2D eigenvalue weighted by molar-refractivity contribution is 5.67. The van der Waals surface area contributed by atoms with Crippen molar-refractivity contribution in [1.29, 1.82) is 0 Å². The molecule has 0 radical (unpaired) electrons. The lowest BCUT2D eigenvalue weighted by Crippen LogP contribution is -2.33. The van der Waals surface area contributed by atoms with E-state index < -0.39 is 5.60 Å². The summed E-state index contributed by atoms with van der Waals surface area (Å²) >= 11 is 0. The lowest BCUT2D eigenvalue weighted by molar-refractivity contribution is 0.0527. The maximum Gasteiger partial charge on any atom is 0.407 e. The molecule has 4 nitrogen and oxygen atoms in total. The molecule has 2 aromatic carbocycles. The molecule has 2 aromatic rings. The molecule has 4 heteroatoms. The number of benzene rings is 2. The minimum atomic E-state index is -0.463. The third-order valence-electron chi connectivity index (χ3n) is 4.18. The first-order valence-corrected chi connectivity index (χ1v) is 9.50. The fraction of sp³-hybridized carbons (Fsp3) is 0.435. The van der Waals surface area contributed by atoms with Gasteiger partial charge in [-0.3, -0.25) is 0 Å². The molecule has 0 spiro atoms. The molecular weight excluding hydrogens is 338 g/mol. The molecule has 27 heavy (non-hydrogen) atoms. The third kappa shape index (κ3) is 7.83. The molecule has 1 unspecified atom stereocenters. The Kier molecular flexibility index (Phi) is 7.86. The second-order valence-electron chi connectivity index (χ2n) is 7.69. The number of carbonyl (C=O) groups is 1. The maximum atomic E-state index is 11.7. The lowest BCUT2D eigenvalue weighted by Gasteiger charge is -2.19. The zero-order chi connectivity index (χ0) is 19.7. The molecule has 0 heterocycles. The predicted molar refractivity (Wildman–Crippen MR) is 109 cm³/mol. The van der Waals surface area contributed by atoms with Crippen LogP contribution in [0.5, 0.6) is 0 Å². The van der Waals surface area contributed by atoms with Gasteiger partial charge in [0.05, 0.1) is 6.10 Å². The summed E-state index contributed by atoms with van der Waals surface area (Å²) in [4.78, 5) is 11.7. The quantitative estimate of drug-likeness (QED) is 0.661. The number of alkyl carbamates (subject to hydrolysis) is 1. The van der Waals surface area contributed by atoms with Crippen molar-refractivity contribution in [3.05, 3.63) is 71.3 Å². The van der Waals surface area contributed by atoms with Gasteiger partial charge in [0.15, 0.2) is 0 Å². The minimum Gasteiger partial charge on any atom is -0.444 e. The van der Waals surface area contributed by atoms with Crippen LogP contribution in [0.15, 0.2) is 54.6 Å². The molecule has 1 N–H and O–H groups in total. The van der Waals surface area contributed by atoms with Crippen LogP contribution in [0.4, 0.5) is 4.79 Å². The van der Waals surface area contributed by atoms with Gasteiger partial charge in [-0.2, -0.15) is 0 Å². The Labute approximate surface area is 162 Å². The van der Waals surface area contributed by atoms with Crippen molar-refractivity contribution in [2.24, 2.45) is 0 Å². The van der Waals surface area contributed by atoms with E-state index in [4.69, 9.17) is 9.47 Å². The number of ether oxygens (including phenoxy) is 2. The summed E-state index contributed by atoms with van der Waals surface area (Å²) in [5.74, 6) is 0. The molecule has 0 aliphatic carbocycles. The maximum absolute atomic E-state index is 11.7. The molecule has 0 aliphatic rings. The molecule has 0 bridgehead atoms. The molecule has 2 rings (SSSR count). The van der Waals surface area contributed by atoms with Crippen LogP contribution in [0.25, 0.3) is 0 Å². The molecular formula is C23H31NO3. The monoisotopic (exact) mass is 369 g/mol. The fourth-order valence-electron chi connectivity index (χ4n) is 2.93. The summed E-state index contributed by atoms with van der Waals surface area (Å²) in [6.07, 6.45) is 2.31. The second kappa shape index (κ2) is 10.1. The number of rotatable bonds is 8. The average Bonchev–Trinajstić information content (AvgIpc) is 2.63. The number of amides is 1. The Hall–Kier alpha value is -2.33. The SMILES string of the molecule is COC(Cc1cccc(CCCNC(=O)OC(C)(C)C)c1)c1ccccc1. The molecule has 1 atom stereocenters. The Morgan fingerprint density at radius 2 is 1.74 bits per heavy atom. The van der Waals surface area contributed by atoms with Crippen LogP contribution in [-0.4, -0.2) is 25.3 Å². The second-order valence-corrected chi connectivity index (χ2v) is 7.69. The van der Waals surface area contributed by atoms with Crippen LogP contribution >= 0.6 is 0 Å². The van der Waals surface area contributed by atoms with Gasteiger partial charge in [-0.25, -0.2) is 4.79 Å². The first-order chi connectivity index (χ1) is 12.9. The van der Waals surface area contributed by atoms with Crippen LogP contribution < -0.4 is 5.32 Å². The molecule has 146 valence electrons. The summed E-state index contributed by atoms with van der Waals surface area (Å²) in [5, 5.41) is 2.81. The van der Waals surface area contributed by atoms with Crippen molar-refractivity contribution >= 4 is 6.09 Å². The van der Waals surface area contributed by atoms with Crippen LogP contribution in [0.3, 0.4) is 0 Å². The van der Waals surface area contributed by atoms with Crippen LogP contribution in [-0.2, 0) is 22.3 Å². The highest BCUT2D eigenvalue weighted by atomic mass is 16.6. The van der Waals surface area contributed by atoms with E-state index >= 15 is 0 Å². The van der Waals surface area contributed by atoms with Gasteiger partial charge < -0.3 is 14.8 Å². The van der Waals surface area contributed by atoms with Crippen molar-refractivity contribution in [3.63, 3.8) is 0 Å². The van der Waals surface area contributed by atoms with Crippen molar-refractivity contribution in [2.75, 3.05) is 13.7 Å². The Balaban J connectivity index is 1.83. The summed E-state index contributed by atoms with van der Waals surface area (Å²) in [7, 11) is 1.75. The van der Waals surface area contributed by atoms with Crippen molar-refractivity contribution in [1.82, 2.24) is 5.32 Å². The standard InChI is InChI=1S/C23H31NO3/c1-23(2,3)27-22(25)24-15-9-12-18-10-8-11-19(16-18)17-21(26-4)20-13-6-5-7-14-20/h5-8,10-11,13-14,16,21H,9,12,15,17H2,1-4H3,(H,24,25). The topological polar surface area (TPSA) is 47.6 Å². The van der Waals surface area contributed by atoms with Crippen LogP contribution in [0.2, 0.25) is 0 Å². The van der Waals surface area contributed by atoms with Gasteiger partial charge in [-0.15, -0.1) is 0 Å². The largest absolute Gasteiger partial charge is 0.444 e. The van der Waals surface area contributed by atoms with E-state index in [1.807, 2.05) is 39.0 Å². The first-order valence-electron chi connectivity index (χ1n) is 9.50. The van der Waals surface area contributed by atoms with Gasteiger partial charge >= 0.3 is 6.09 Å². The van der Waals surface area contributed by atoms with Gasteiger partial charge in [0.1, 0.15) is 5.60 Å². The Morgan fingerprint density at radius 1 is 1.04 bits per heavy atom. The molecule has 0 aliphatic heterocycles. The number of methoxy groups -OCH3 is 1. The van der Waals surface area contributed by atoms with Crippen molar-refractivity contribution in [3.8, 4) is 0 Å². The van der Waals surface area contributed by atoms with Crippen LogP contribution in [0, 0.1) is 0 Å². The van der Waals surface area contributed by atoms with E-state index in [0.29, 0.717) is 6.54 Å². The van der Waals surface area contributed by atoms with Gasteiger partial charge in [-0.05, 0) is 50.3 Å². The normalized spacial score (nSPS) is 12.4. The van der Waals surface area contributed by atoms with Crippen molar-refractivity contribution in [2.45, 2.75) is 51.7 Å². The molecule has 0 saturated carbocycles. The molecule has 0 saturated heterocycles. The zero-order valence-electron chi connectivity index (χ0n) is 16.8. The highest BCUT2D eigenvalue weighted by Crippen LogP contribution is 2.22. The van der Waals surface area contributed by atoms with Gasteiger partial charge in [-0.1, -0.05) is 54.6 Å². The van der Waals surface area contributed by atoms with Gasteiger partial charge in [0, 0.05) is 20.1 Å². The van der Waals surface area contributed by atoms with E-state index in [-0.39, 0.29) is 12.2 Å². The number of aryl methyl sites for hydroxylation is 1. The Bertz CT molecular complexity index is 707. The molecule has 1 amide bonds. The zero-order valence-corrected chi connectivity index (χ0v) is 16.8. The van der Waals surface area contributed by atoms with E-state index in [1.165, 1.54) is 16.7 Å². The van der Waals surface area contributed by atoms with E-state index in [9.17, 15) is 4.79 Å². The third-order valence-corrected chi connectivity index (χ3v) is 4.18. The van der Waals surface area contributed by atoms with E-state index in [2.05, 4.69) is 41.7 Å². The molecule has 0 aromatic heterocycles. The Morgan fingerprint density at radius 3 is 2.41 bits per heavy atom. The predicted octanol–water partition coefficient (Wildman–Crippen LogP) is 5.07. The number of hydrogen-bond donors (Lipinski definition) is 1. The summed E-state index contributed by atoms with van der Waals surface area (Å²) < 4.78 is 10.9. The number of carbonyl (C=O) groups excluding carboxylic acids is 1. The lowest BCUT2D eigenvalue weighted by atomic mass is 9.98. The summed E-state index contributed by atoms with van der Waals surface area (Å²) in [6, 6.07) is 18.9.